The molecular weight excluding hydrogens is 430 g/mol. The molecule has 0 radical (unpaired) electrons. The van der Waals surface area contributed by atoms with Crippen molar-refractivity contribution in [3.8, 4) is 5.75 Å². The van der Waals surface area contributed by atoms with E-state index >= 15 is 0 Å². The zero-order valence-corrected chi connectivity index (χ0v) is 20.9. The highest BCUT2D eigenvalue weighted by molar-refractivity contribution is 5.75. The topological polar surface area (TPSA) is 26.3 Å². The Morgan fingerprint density at radius 2 is 1.53 bits per heavy atom. The molecular formula is C30H42F2O2. The van der Waals surface area contributed by atoms with Gasteiger partial charge in [-0.1, -0.05) is 32.3 Å². The van der Waals surface area contributed by atoms with Crippen LogP contribution in [-0.4, -0.2) is 5.97 Å². The van der Waals surface area contributed by atoms with Crippen LogP contribution in [0.2, 0.25) is 0 Å². The zero-order chi connectivity index (χ0) is 24.1. The molecule has 1 aromatic rings. The number of halogens is 2. The van der Waals surface area contributed by atoms with Crippen LogP contribution in [0.15, 0.2) is 24.8 Å². The molecule has 3 aliphatic carbocycles. The molecule has 2 nitrogen and oxygen atoms in total. The van der Waals surface area contributed by atoms with Crippen molar-refractivity contribution in [1.29, 1.82) is 0 Å². The number of allylic oxidation sites excluding steroid dienone is 1. The maximum absolute atomic E-state index is 14.3. The number of ether oxygens (including phenoxy) is 1. The van der Waals surface area contributed by atoms with Crippen LogP contribution in [0, 0.1) is 47.1 Å². The quantitative estimate of drug-likeness (QED) is 0.216. The molecule has 34 heavy (non-hydrogen) atoms. The summed E-state index contributed by atoms with van der Waals surface area (Å²) in [5, 5.41) is 0. The van der Waals surface area contributed by atoms with Gasteiger partial charge in [0.2, 0.25) is 0 Å². The van der Waals surface area contributed by atoms with Gasteiger partial charge in [-0.25, -0.2) is 8.78 Å². The van der Waals surface area contributed by atoms with Gasteiger partial charge in [-0.05, 0) is 100 Å². The van der Waals surface area contributed by atoms with Gasteiger partial charge in [0, 0.05) is 17.7 Å². The van der Waals surface area contributed by atoms with Crippen molar-refractivity contribution < 1.29 is 18.3 Å². The van der Waals surface area contributed by atoms with Crippen molar-refractivity contribution in [3.63, 3.8) is 0 Å². The minimum absolute atomic E-state index is 0.0220. The second kappa shape index (κ2) is 11.8. The fourth-order valence-electron chi connectivity index (χ4n) is 7.27. The van der Waals surface area contributed by atoms with Crippen LogP contribution < -0.4 is 4.74 Å². The first-order chi connectivity index (χ1) is 16.5. The fourth-order valence-corrected chi connectivity index (χ4v) is 7.27. The predicted molar refractivity (Wildman–Crippen MR) is 133 cm³/mol. The Kier molecular flexibility index (Phi) is 8.82. The average molecular weight is 473 g/mol. The van der Waals surface area contributed by atoms with E-state index in [1.54, 1.807) is 6.08 Å². The van der Waals surface area contributed by atoms with E-state index in [4.69, 9.17) is 4.74 Å². The number of hydrogen-bond donors (Lipinski definition) is 0. The van der Waals surface area contributed by atoms with E-state index in [2.05, 4.69) is 13.5 Å². The first-order valence-electron chi connectivity index (χ1n) is 13.8. The molecule has 3 saturated carbocycles. The van der Waals surface area contributed by atoms with Crippen LogP contribution in [0.1, 0.15) is 96.0 Å². The molecule has 0 aliphatic heterocycles. The van der Waals surface area contributed by atoms with Crippen LogP contribution >= 0.6 is 0 Å². The third-order valence-electron chi connectivity index (χ3n) is 9.16. The van der Waals surface area contributed by atoms with E-state index in [1.807, 2.05) is 0 Å². The van der Waals surface area contributed by atoms with Gasteiger partial charge in [0.1, 0.15) is 17.4 Å². The Morgan fingerprint density at radius 1 is 0.941 bits per heavy atom. The Balaban J connectivity index is 1.25. The minimum atomic E-state index is -0.660. The summed E-state index contributed by atoms with van der Waals surface area (Å²) in [4.78, 5) is 12.7. The number of fused-ring (bicyclic) bond motifs is 1. The molecule has 4 rings (SSSR count). The summed E-state index contributed by atoms with van der Waals surface area (Å²) in [6.07, 6.45) is 17.4. The zero-order valence-electron chi connectivity index (χ0n) is 20.9. The third kappa shape index (κ3) is 6.10. The van der Waals surface area contributed by atoms with E-state index < -0.39 is 11.6 Å². The average Bonchev–Trinajstić information content (AvgIpc) is 2.83. The maximum atomic E-state index is 14.3. The molecule has 4 unspecified atom stereocenters. The molecule has 0 bridgehead atoms. The molecule has 0 aromatic heterocycles. The number of esters is 1. The Morgan fingerprint density at radius 3 is 2.18 bits per heavy atom. The highest BCUT2D eigenvalue weighted by atomic mass is 19.1. The van der Waals surface area contributed by atoms with Crippen LogP contribution in [0.3, 0.4) is 0 Å². The van der Waals surface area contributed by atoms with Gasteiger partial charge >= 0.3 is 5.97 Å². The molecule has 0 amide bonds. The standard InChI is InChI=1S/C30H42F2O2/c1-3-5-7-27-28(31)18-26(19-29(27)32)34-30(33)22-12-10-21(11-13-22)24-15-14-23-16-20(6-4-2)8-9-25(23)17-24/h3,18-25H,1,4-17H2,2H3. The molecule has 188 valence electrons. The first-order valence-corrected chi connectivity index (χ1v) is 13.8. The normalized spacial score (nSPS) is 31.5. The van der Waals surface area contributed by atoms with Crippen molar-refractivity contribution in [2.75, 3.05) is 0 Å². The van der Waals surface area contributed by atoms with Crippen molar-refractivity contribution >= 4 is 5.97 Å². The largest absolute Gasteiger partial charge is 0.426 e. The fraction of sp³-hybridized carbons (Fsp3) is 0.700. The Hall–Kier alpha value is -1.71. The Labute approximate surface area is 204 Å². The van der Waals surface area contributed by atoms with Crippen molar-refractivity contribution in [2.24, 2.45) is 35.5 Å². The van der Waals surface area contributed by atoms with Gasteiger partial charge in [-0.2, -0.15) is 0 Å². The smallest absolute Gasteiger partial charge is 0.314 e. The lowest BCUT2D eigenvalue weighted by Crippen LogP contribution is -2.35. The number of carbonyl (C=O) groups is 1. The van der Waals surface area contributed by atoms with E-state index in [1.165, 1.54) is 51.4 Å². The molecule has 0 heterocycles. The molecule has 0 spiro atoms. The number of rotatable bonds is 8. The molecule has 0 N–H and O–H groups in total. The summed E-state index contributed by atoms with van der Waals surface area (Å²) < 4.78 is 34.0. The monoisotopic (exact) mass is 472 g/mol. The van der Waals surface area contributed by atoms with E-state index in [0.717, 1.165) is 67.4 Å². The summed E-state index contributed by atoms with van der Waals surface area (Å²) in [6, 6.07) is 2.28. The minimum Gasteiger partial charge on any atom is -0.426 e. The van der Waals surface area contributed by atoms with Crippen LogP contribution in [0.5, 0.6) is 5.75 Å². The lowest BCUT2D eigenvalue weighted by atomic mass is 9.60. The van der Waals surface area contributed by atoms with Crippen molar-refractivity contribution in [1.82, 2.24) is 0 Å². The van der Waals surface area contributed by atoms with Gasteiger partial charge in [-0.3, -0.25) is 4.79 Å². The SMILES string of the molecule is C=CCCc1c(F)cc(OC(=O)C2CCC(C3CCC4CC(CCC)CCC4C3)CC2)cc1F. The van der Waals surface area contributed by atoms with Gasteiger partial charge in [0.05, 0.1) is 5.92 Å². The van der Waals surface area contributed by atoms with Crippen molar-refractivity contribution in [3.05, 3.63) is 42.0 Å². The molecule has 4 heteroatoms. The summed E-state index contributed by atoms with van der Waals surface area (Å²) >= 11 is 0. The van der Waals surface area contributed by atoms with Gasteiger partial charge < -0.3 is 4.74 Å². The number of carbonyl (C=O) groups excluding carboxylic acids is 1. The highest BCUT2D eigenvalue weighted by Crippen LogP contribution is 2.49. The van der Waals surface area contributed by atoms with E-state index in [-0.39, 0.29) is 29.6 Å². The van der Waals surface area contributed by atoms with Crippen LogP contribution in [0.4, 0.5) is 8.78 Å². The summed E-state index contributed by atoms with van der Waals surface area (Å²) in [5.41, 5.74) is 0.0220. The molecule has 0 saturated heterocycles. The lowest BCUT2D eigenvalue weighted by molar-refractivity contribution is -0.140. The second-order valence-corrected chi connectivity index (χ2v) is 11.3. The highest BCUT2D eigenvalue weighted by Gasteiger charge is 2.39. The van der Waals surface area contributed by atoms with Crippen LogP contribution in [0.25, 0.3) is 0 Å². The van der Waals surface area contributed by atoms with E-state index in [0.29, 0.717) is 6.42 Å². The third-order valence-corrected chi connectivity index (χ3v) is 9.16. The molecule has 1 aromatic carbocycles. The number of hydrogen-bond acceptors (Lipinski definition) is 2. The number of benzene rings is 1. The second-order valence-electron chi connectivity index (χ2n) is 11.3. The summed E-state index contributed by atoms with van der Waals surface area (Å²) in [7, 11) is 0. The van der Waals surface area contributed by atoms with Crippen molar-refractivity contribution in [2.45, 2.75) is 96.8 Å². The molecule has 3 aliphatic rings. The molecule has 4 atom stereocenters. The molecule has 3 fully saturated rings. The summed E-state index contributed by atoms with van der Waals surface area (Å²) in [5.74, 6) is 2.53. The lowest BCUT2D eigenvalue weighted by Gasteiger charge is -2.45. The van der Waals surface area contributed by atoms with Gasteiger partial charge in [0.25, 0.3) is 0 Å². The summed E-state index contributed by atoms with van der Waals surface area (Å²) in [6.45, 7) is 5.90. The maximum Gasteiger partial charge on any atom is 0.314 e. The Bertz CT molecular complexity index is 819. The van der Waals surface area contributed by atoms with E-state index in [9.17, 15) is 13.6 Å². The predicted octanol–water partition coefficient (Wildman–Crippen LogP) is 8.43. The van der Waals surface area contributed by atoms with Crippen LogP contribution in [-0.2, 0) is 11.2 Å². The van der Waals surface area contributed by atoms with Gasteiger partial charge in [-0.15, -0.1) is 6.58 Å². The first kappa shape index (κ1) is 25.4. The van der Waals surface area contributed by atoms with Gasteiger partial charge in [0.15, 0.2) is 0 Å².